The zero-order chi connectivity index (χ0) is 14.1. The van der Waals surface area contributed by atoms with Crippen molar-refractivity contribution in [3.05, 3.63) is 28.7 Å². The van der Waals surface area contributed by atoms with Crippen LogP contribution in [0.4, 0.5) is 0 Å². The predicted octanol–water partition coefficient (Wildman–Crippen LogP) is 2.45. The van der Waals surface area contributed by atoms with Crippen molar-refractivity contribution in [1.29, 1.82) is 0 Å². The van der Waals surface area contributed by atoms with E-state index in [-0.39, 0.29) is 31.0 Å². The molecule has 0 aromatic heterocycles. The smallest absolute Gasteiger partial charge is 0.260 e. The number of hydrogen-bond donors (Lipinski definition) is 1. The third kappa shape index (κ3) is 3.71. The number of benzene rings is 1. The first-order valence-corrected chi connectivity index (χ1v) is 7.84. The molecular weight excluding hydrogens is 356 g/mol. The summed E-state index contributed by atoms with van der Waals surface area (Å²) in [7, 11) is 0. The molecule has 1 amide bonds. The number of carbonyl (C=O) groups is 1. The topological polar surface area (TPSA) is 55.6 Å². The van der Waals surface area contributed by atoms with Gasteiger partial charge in [0.2, 0.25) is 0 Å². The molecular formula is C15H20BrClN2O2. The van der Waals surface area contributed by atoms with Crippen molar-refractivity contribution in [3.8, 4) is 5.75 Å². The van der Waals surface area contributed by atoms with Gasteiger partial charge in [-0.25, -0.2) is 0 Å². The zero-order valence-electron chi connectivity index (χ0n) is 11.7. The number of nitrogens with zero attached hydrogens (tertiary/aromatic N) is 1. The van der Waals surface area contributed by atoms with E-state index in [9.17, 15) is 4.79 Å². The fourth-order valence-electron chi connectivity index (χ4n) is 3.28. The van der Waals surface area contributed by atoms with Crippen molar-refractivity contribution >= 4 is 34.2 Å². The number of likely N-dealkylation sites (tertiary alicyclic amines) is 1. The van der Waals surface area contributed by atoms with E-state index in [1.165, 1.54) is 0 Å². The van der Waals surface area contributed by atoms with Crippen LogP contribution < -0.4 is 10.5 Å². The van der Waals surface area contributed by atoms with Crippen molar-refractivity contribution in [1.82, 2.24) is 4.90 Å². The number of halogens is 2. The lowest BCUT2D eigenvalue weighted by Gasteiger charge is -2.19. The standard InChI is InChI=1S/C15H19BrN2O2.ClH/c16-11-2-4-12(5-3-11)20-9-15(19)18-7-10-1-6-14(17)13(10)8-18;/h2-5,10,13-14H,1,6-9,17H2;1H. The molecule has 0 spiro atoms. The lowest BCUT2D eigenvalue weighted by molar-refractivity contribution is -0.132. The average Bonchev–Trinajstić information content (AvgIpc) is 3.01. The molecule has 1 heterocycles. The largest absolute Gasteiger partial charge is 0.484 e. The molecule has 3 rings (SSSR count). The van der Waals surface area contributed by atoms with Crippen molar-refractivity contribution in [2.24, 2.45) is 17.6 Å². The summed E-state index contributed by atoms with van der Waals surface area (Å²) in [5, 5.41) is 0. The first kappa shape index (κ1) is 16.6. The summed E-state index contributed by atoms with van der Waals surface area (Å²) in [6, 6.07) is 7.78. The number of rotatable bonds is 3. The van der Waals surface area contributed by atoms with Crippen LogP contribution in [0.15, 0.2) is 28.7 Å². The molecule has 1 aliphatic carbocycles. The van der Waals surface area contributed by atoms with Crippen LogP contribution in [0.25, 0.3) is 0 Å². The second kappa shape index (κ2) is 6.99. The quantitative estimate of drug-likeness (QED) is 0.883. The second-order valence-electron chi connectivity index (χ2n) is 5.71. The number of amides is 1. The van der Waals surface area contributed by atoms with E-state index in [0.717, 1.165) is 36.2 Å². The minimum atomic E-state index is 0. The number of fused-ring (bicyclic) bond motifs is 1. The van der Waals surface area contributed by atoms with Gasteiger partial charge in [0, 0.05) is 23.6 Å². The molecule has 3 atom stereocenters. The Labute approximate surface area is 139 Å². The maximum absolute atomic E-state index is 12.2. The van der Waals surface area contributed by atoms with Crippen molar-refractivity contribution in [2.75, 3.05) is 19.7 Å². The minimum Gasteiger partial charge on any atom is -0.484 e. The monoisotopic (exact) mass is 374 g/mol. The first-order valence-electron chi connectivity index (χ1n) is 7.05. The van der Waals surface area contributed by atoms with Gasteiger partial charge in [-0.1, -0.05) is 15.9 Å². The number of ether oxygens (including phenoxy) is 1. The van der Waals surface area contributed by atoms with E-state index < -0.39 is 0 Å². The molecule has 3 unspecified atom stereocenters. The number of carbonyl (C=O) groups excluding carboxylic acids is 1. The SMILES string of the molecule is Cl.NC1CCC2CN(C(=O)COc3ccc(Br)cc3)CC12. The van der Waals surface area contributed by atoms with Gasteiger partial charge in [-0.05, 0) is 48.9 Å². The summed E-state index contributed by atoms with van der Waals surface area (Å²) in [4.78, 5) is 14.1. The summed E-state index contributed by atoms with van der Waals surface area (Å²) >= 11 is 3.37. The van der Waals surface area contributed by atoms with Crippen LogP contribution >= 0.6 is 28.3 Å². The molecule has 0 radical (unpaired) electrons. The van der Waals surface area contributed by atoms with Crippen LogP contribution in [-0.4, -0.2) is 36.5 Å². The van der Waals surface area contributed by atoms with E-state index >= 15 is 0 Å². The number of hydrogen-bond acceptors (Lipinski definition) is 3. The van der Waals surface area contributed by atoms with E-state index in [1.54, 1.807) is 0 Å². The van der Waals surface area contributed by atoms with Crippen molar-refractivity contribution < 1.29 is 9.53 Å². The van der Waals surface area contributed by atoms with Gasteiger partial charge in [0.1, 0.15) is 5.75 Å². The highest BCUT2D eigenvalue weighted by Gasteiger charge is 2.42. The molecule has 1 saturated heterocycles. The van der Waals surface area contributed by atoms with Crippen LogP contribution in [0.1, 0.15) is 12.8 Å². The lowest BCUT2D eigenvalue weighted by atomic mass is 9.98. The van der Waals surface area contributed by atoms with Crippen molar-refractivity contribution in [3.63, 3.8) is 0 Å². The average molecular weight is 376 g/mol. The molecule has 1 aliphatic heterocycles. The summed E-state index contributed by atoms with van der Waals surface area (Å²) in [5.41, 5.74) is 6.09. The first-order chi connectivity index (χ1) is 9.63. The van der Waals surface area contributed by atoms with Gasteiger partial charge in [0.25, 0.3) is 5.91 Å². The fourth-order valence-corrected chi connectivity index (χ4v) is 3.54. The van der Waals surface area contributed by atoms with E-state index in [0.29, 0.717) is 11.8 Å². The third-order valence-electron chi connectivity index (χ3n) is 4.44. The maximum atomic E-state index is 12.2. The Morgan fingerprint density at radius 2 is 2.00 bits per heavy atom. The van der Waals surface area contributed by atoms with Gasteiger partial charge < -0.3 is 15.4 Å². The molecule has 2 fully saturated rings. The highest BCUT2D eigenvalue weighted by molar-refractivity contribution is 9.10. The van der Waals surface area contributed by atoms with E-state index in [2.05, 4.69) is 15.9 Å². The molecule has 6 heteroatoms. The number of nitrogens with two attached hydrogens (primary N) is 1. The second-order valence-corrected chi connectivity index (χ2v) is 6.62. The Kier molecular flexibility index (Phi) is 5.52. The van der Waals surface area contributed by atoms with Gasteiger partial charge in [0.05, 0.1) is 0 Å². The molecule has 2 aliphatic rings. The van der Waals surface area contributed by atoms with Gasteiger partial charge in [-0.2, -0.15) is 0 Å². The van der Waals surface area contributed by atoms with Crippen LogP contribution in [0.3, 0.4) is 0 Å². The molecule has 1 aromatic carbocycles. The Balaban J connectivity index is 0.00000161. The van der Waals surface area contributed by atoms with Gasteiger partial charge in [0.15, 0.2) is 6.61 Å². The van der Waals surface area contributed by atoms with Crippen LogP contribution in [-0.2, 0) is 4.79 Å². The van der Waals surface area contributed by atoms with Crippen LogP contribution in [0, 0.1) is 11.8 Å². The predicted molar refractivity (Wildman–Crippen MR) is 87.7 cm³/mol. The Hall–Kier alpha value is -0.780. The highest BCUT2D eigenvalue weighted by atomic mass is 79.9. The summed E-state index contributed by atoms with van der Waals surface area (Å²) in [6.07, 6.45) is 2.26. The lowest BCUT2D eigenvalue weighted by Crippen LogP contribution is -2.36. The summed E-state index contributed by atoms with van der Waals surface area (Å²) in [6.45, 7) is 1.76. The molecule has 116 valence electrons. The molecule has 1 aromatic rings. The molecule has 1 saturated carbocycles. The summed E-state index contributed by atoms with van der Waals surface area (Å²) in [5.74, 6) is 1.88. The molecule has 0 bridgehead atoms. The van der Waals surface area contributed by atoms with Gasteiger partial charge in [-0.15, -0.1) is 12.4 Å². The van der Waals surface area contributed by atoms with Gasteiger partial charge >= 0.3 is 0 Å². The Bertz CT molecular complexity index is 497. The Morgan fingerprint density at radius 3 is 2.67 bits per heavy atom. The normalized spacial score (nSPS) is 27.1. The maximum Gasteiger partial charge on any atom is 0.260 e. The zero-order valence-corrected chi connectivity index (χ0v) is 14.1. The van der Waals surface area contributed by atoms with Crippen LogP contribution in [0.5, 0.6) is 5.75 Å². The van der Waals surface area contributed by atoms with Crippen molar-refractivity contribution in [2.45, 2.75) is 18.9 Å². The molecule has 4 nitrogen and oxygen atoms in total. The van der Waals surface area contributed by atoms with E-state index in [1.807, 2.05) is 29.2 Å². The molecule has 2 N–H and O–H groups in total. The fraction of sp³-hybridized carbons (Fsp3) is 0.533. The Morgan fingerprint density at radius 1 is 1.29 bits per heavy atom. The third-order valence-corrected chi connectivity index (χ3v) is 4.97. The minimum absolute atomic E-state index is 0. The van der Waals surface area contributed by atoms with Gasteiger partial charge in [-0.3, -0.25) is 4.79 Å². The van der Waals surface area contributed by atoms with E-state index in [4.69, 9.17) is 10.5 Å². The molecule has 21 heavy (non-hydrogen) atoms. The summed E-state index contributed by atoms with van der Waals surface area (Å²) < 4.78 is 6.54. The van der Waals surface area contributed by atoms with Crippen LogP contribution in [0.2, 0.25) is 0 Å². The highest BCUT2D eigenvalue weighted by Crippen LogP contribution is 2.37.